The van der Waals surface area contributed by atoms with Crippen LogP contribution < -0.4 is 5.73 Å². The molecule has 3 nitrogen and oxygen atoms in total. The average Bonchev–Trinajstić information content (AvgIpc) is 2.65. The number of nitrogens with two attached hydrogens (primary N) is 1. The Morgan fingerprint density at radius 1 is 1.40 bits per heavy atom. The zero-order valence-corrected chi connectivity index (χ0v) is 10.2. The second kappa shape index (κ2) is 7.20. The Labute approximate surface area is 94.0 Å². The molecule has 0 bridgehead atoms. The van der Waals surface area contributed by atoms with Gasteiger partial charge in [0.05, 0.1) is 6.10 Å². The van der Waals surface area contributed by atoms with E-state index >= 15 is 0 Å². The lowest BCUT2D eigenvalue weighted by molar-refractivity contribution is 0.0746. The Morgan fingerprint density at radius 3 is 2.80 bits per heavy atom. The molecule has 0 aromatic carbocycles. The first-order valence-electron chi connectivity index (χ1n) is 6.26. The second-order valence-electron chi connectivity index (χ2n) is 4.82. The molecule has 0 aromatic rings. The van der Waals surface area contributed by atoms with Crippen LogP contribution in [0.4, 0.5) is 0 Å². The number of ether oxygens (including phenoxy) is 1. The predicted octanol–water partition coefficient (Wildman–Crippen LogP) is 1.47. The molecule has 0 saturated carbocycles. The molecule has 3 heteroatoms. The van der Waals surface area contributed by atoms with Crippen molar-refractivity contribution in [3.8, 4) is 0 Å². The van der Waals surface area contributed by atoms with Crippen LogP contribution in [0.3, 0.4) is 0 Å². The quantitative estimate of drug-likeness (QED) is 0.652. The molecule has 1 aliphatic heterocycles. The predicted molar refractivity (Wildman–Crippen MR) is 63.9 cm³/mol. The molecule has 1 fully saturated rings. The van der Waals surface area contributed by atoms with Crippen LogP contribution in [0, 0.1) is 5.92 Å². The van der Waals surface area contributed by atoms with E-state index in [4.69, 9.17) is 10.5 Å². The minimum Gasteiger partial charge on any atom is -0.379 e. The third-order valence-corrected chi connectivity index (χ3v) is 3.02. The second-order valence-corrected chi connectivity index (χ2v) is 4.82. The first-order valence-corrected chi connectivity index (χ1v) is 6.26. The third-order valence-electron chi connectivity index (χ3n) is 3.02. The summed E-state index contributed by atoms with van der Waals surface area (Å²) >= 11 is 0. The van der Waals surface area contributed by atoms with Gasteiger partial charge in [0.25, 0.3) is 0 Å². The van der Waals surface area contributed by atoms with Crippen LogP contribution in [0.5, 0.6) is 0 Å². The van der Waals surface area contributed by atoms with E-state index in [1.54, 1.807) is 0 Å². The van der Waals surface area contributed by atoms with E-state index in [1.165, 1.54) is 38.9 Å². The van der Waals surface area contributed by atoms with E-state index in [0.717, 1.165) is 19.1 Å². The first kappa shape index (κ1) is 12.9. The maximum atomic E-state index is 5.66. The molecular formula is C12H26N2O. The molecule has 2 N–H and O–H groups in total. The zero-order chi connectivity index (χ0) is 11.1. The molecule has 90 valence electrons. The van der Waals surface area contributed by atoms with Gasteiger partial charge in [-0.3, -0.25) is 0 Å². The lowest BCUT2D eigenvalue weighted by atomic mass is 10.1. The number of rotatable bonds is 7. The molecule has 1 heterocycles. The van der Waals surface area contributed by atoms with Crippen LogP contribution in [-0.4, -0.2) is 43.8 Å². The highest BCUT2D eigenvalue weighted by molar-refractivity contribution is 4.75. The van der Waals surface area contributed by atoms with Gasteiger partial charge >= 0.3 is 0 Å². The monoisotopic (exact) mass is 214 g/mol. The summed E-state index contributed by atoms with van der Waals surface area (Å²) in [6.07, 6.45) is 4.10. The van der Waals surface area contributed by atoms with Crippen LogP contribution in [0.1, 0.15) is 33.1 Å². The molecule has 0 radical (unpaired) electrons. The van der Waals surface area contributed by atoms with Crippen LogP contribution in [-0.2, 0) is 4.74 Å². The summed E-state index contributed by atoms with van der Waals surface area (Å²) in [7, 11) is 0. The fourth-order valence-corrected chi connectivity index (χ4v) is 2.06. The van der Waals surface area contributed by atoms with Crippen molar-refractivity contribution in [2.75, 3.05) is 32.8 Å². The van der Waals surface area contributed by atoms with Gasteiger partial charge in [0.15, 0.2) is 0 Å². The number of hydrogen-bond acceptors (Lipinski definition) is 3. The van der Waals surface area contributed by atoms with Crippen LogP contribution in [0.15, 0.2) is 0 Å². The normalized spacial score (nSPS) is 22.8. The standard InChI is InChI=1S/C12H26N2O/c1-11(2)15-8-4-3-6-14-7-5-12(9-13)10-14/h11-12H,3-10,13H2,1-2H3. The number of unbranched alkanes of at least 4 members (excludes halogenated alkanes) is 1. The van der Waals surface area contributed by atoms with Crippen molar-refractivity contribution in [2.24, 2.45) is 11.7 Å². The van der Waals surface area contributed by atoms with Crippen LogP contribution in [0.25, 0.3) is 0 Å². The molecular weight excluding hydrogens is 188 g/mol. The van der Waals surface area contributed by atoms with Crippen LogP contribution in [0.2, 0.25) is 0 Å². The van der Waals surface area contributed by atoms with Gasteiger partial charge in [0, 0.05) is 13.2 Å². The minimum atomic E-state index is 0.374. The Bertz CT molecular complexity index is 162. The summed E-state index contributed by atoms with van der Waals surface area (Å²) in [5.74, 6) is 0.747. The highest BCUT2D eigenvalue weighted by atomic mass is 16.5. The fourth-order valence-electron chi connectivity index (χ4n) is 2.06. The van der Waals surface area contributed by atoms with E-state index in [1.807, 2.05) is 0 Å². The average molecular weight is 214 g/mol. The van der Waals surface area contributed by atoms with Gasteiger partial charge in [0.2, 0.25) is 0 Å². The molecule has 1 rings (SSSR count). The topological polar surface area (TPSA) is 38.5 Å². The molecule has 1 saturated heterocycles. The van der Waals surface area contributed by atoms with Crippen molar-refractivity contribution in [1.29, 1.82) is 0 Å². The van der Waals surface area contributed by atoms with Crippen LogP contribution >= 0.6 is 0 Å². The molecule has 1 atom stereocenters. The number of nitrogens with zero attached hydrogens (tertiary/aromatic N) is 1. The SMILES string of the molecule is CC(C)OCCCCN1CCC(CN)C1. The van der Waals surface area contributed by atoms with Gasteiger partial charge < -0.3 is 15.4 Å². The van der Waals surface area contributed by atoms with E-state index in [2.05, 4.69) is 18.7 Å². The van der Waals surface area contributed by atoms with Gasteiger partial charge in [-0.2, -0.15) is 0 Å². The maximum absolute atomic E-state index is 5.66. The van der Waals surface area contributed by atoms with Gasteiger partial charge in [0.1, 0.15) is 0 Å². The van der Waals surface area contributed by atoms with Crippen molar-refractivity contribution in [3.63, 3.8) is 0 Å². The summed E-state index contributed by atoms with van der Waals surface area (Å²) in [4.78, 5) is 2.53. The molecule has 0 amide bonds. The number of likely N-dealkylation sites (tertiary alicyclic amines) is 1. The van der Waals surface area contributed by atoms with E-state index in [-0.39, 0.29) is 0 Å². The highest BCUT2D eigenvalue weighted by Crippen LogP contribution is 2.14. The molecule has 0 aromatic heterocycles. The van der Waals surface area contributed by atoms with Crippen molar-refractivity contribution >= 4 is 0 Å². The van der Waals surface area contributed by atoms with E-state index in [9.17, 15) is 0 Å². The van der Waals surface area contributed by atoms with Crippen molar-refractivity contribution < 1.29 is 4.74 Å². The smallest absolute Gasteiger partial charge is 0.0518 e. The summed E-state index contributed by atoms with van der Waals surface area (Å²) < 4.78 is 5.51. The van der Waals surface area contributed by atoms with Crippen molar-refractivity contribution in [1.82, 2.24) is 4.90 Å². The Kier molecular flexibility index (Phi) is 6.22. The number of hydrogen-bond donors (Lipinski definition) is 1. The first-order chi connectivity index (χ1) is 7.22. The van der Waals surface area contributed by atoms with Gasteiger partial charge in [-0.05, 0) is 58.7 Å². The molecule has 1 unspecified atom stereocenters. The Balaban J connectivity index is 1.92. The van der Waals surface area contributed by atoms with Crippen molar-refractivity contribution in [3.05, 3.63) is 0 Å². The van der Waals surface area contributed by atoms with Crippen molar-refractivity contribution in [2.45, 2.75) is 39.2 Å². The van der Waals surface area contributed by atoms with E-state index in [0.29, 0.717) is 6.10 Å². The molecule has 1 aliphatic rings. The lowest BCUT2D eigenvalue weighted by Gasteiger charge is -2.15. The molecule has 0 spiro atoms. The minimum absolute atomic E-state index is 0.374. The third kappa shape index (κ3) is 5.50. The summed E-state index contributed by atoms with van der Waals surface area (Å²) in [5, 5.41) is 0. The largest absolute Gasteiger partial charge is 0.379 e. The van der Waals surface area contributed by atoms with Gasteiger partial charge in [-0.25, -0.2) is 0 Å². The zero-order valence-electron chi connectivity index (χ0n) is 10.2. The molecule has 15 heavy (non-hydrogen) atoms. The molecule has 0 aliphatic carbocycles. The lowest BCUT2D eigenvalue weighted by Crippen LogP contribution is -2.24. The fraction of sp³-hybridized carbons (Fsp3) is 1.00. The van der Waals surface area contributed by atoms with E-state index < -0.39 is 0 Å². The van der Waals surface area contributed by atoms with Gasteiger partial charge in [-0.15, -0.1) is 0 Å². The van der Waals surface area contributed by atoms with Gasteiger partial charge in [-0.1, -0.05) is 0 Å². The maximum Gasteiger partial charge on any atom is 0.0518 e. The Hall–Kier alpha value is -0.120. The Morgan fingerprint density at radius 2 is 2.20 bits per heavy atom. The summed E-state index contributed by atoms with van der Waals surface area (Å²) in [5.41, 5.74) is 5.66. The summed E-state index contributed by atoms with van der Waals surface area (Å²) in [6.45, 7) is 9.61. The highest BCUT2D eigenvalue weighted by Gasteiger charge is 2.20. The summed E-state index contributed by atoms with van der Waals surface area (Å²) in [6, 6.07) is 0.